The average molecular weight is 192 g/mol. The SMILES string of the molecule is COC(CCF)C(F)C(F)(F)F. The van der Waals surface area contributed by atoms with E-state index in [1.807, 2.05) is 0 Å². The Hall–Kier alpha value is -0.390. The van der Waals surface area contributed by atoms with Crippen molar-refractivity contribution in [3.05, 3.63) is 0 Å². The smallest absolute Gasteiger partial charge is 0.378 e. The molecule has 0 aromatic heterocycles. The summed E-state index contributed by atoms with van der Waals surface area (Å²) in [5.41, 5.74) is 0. The van der Waals surface area contributed by atoms with Crippen LogP contribution in [0.5, 0.6) is 0 Å². The third-order valence-electron chi connectivity index (χ3n) is 1.34. The topological polar surface area (TPSA) is 9.23 Å². The van der Waals surface area contributed by atoms with E-state index in [-0.39, 0.29) is 0 Å². The fraction of sp³-hybridized carbons (Fsp3) is 1.00. The van der Waals surface area contributed by atoms with Gasteiger partial charge in [-0.25, -0.2) is 4.39 Å². The summed E-state index contributed by atoms with van der Waals surface area (Å²) in [6.07, 6.45) is -10.4. The van der Waals surface area contributed by atoms with E-state index in [0.717, 1.165) is 7.11 Å². The molecule has 0 spiro atoms. The van der Waals surface area contributed by atoms with E-state index in [1.165, 1.54) is 0 Å². The molecular weight excluding hydrogens is 183 g/mol. The molecule has 0 rings (SSSR count). The standard InChI is InChI=1S/C6H9F5O/c1-12-4(2-3-7)5(8)6(9,10)11/h4-5H,2-3H2,1H3. The largest absolute Gasteiger partial charge is 0.422 e. The first kappa shape index (κ1) is 11.6. The molecule has 0 aromatic rings. The zero-order valence-electron chi connectivity index (χ0n) is 6.37. The molecule has 0 N–H and O–H groups in total. The van der Waals surface area contributed by atoms with E-state index in [9.17, 15) is 22.0 Å². The maximum atomic E-state index is 12.3. The lowest BCUT2D eigenvalue weighted by atomic mass is 10.1. The summed E-state index contributed by atoms with van der Waals surface area (Å²) in [4.78, 5) is 0. The Kier molecular flexibility index (Phi) is 4.44. The summed E-state index contributed by atoms with van der Waals surface area (Å²) in [6.45, 7) is -1.03. The summed E-state index contributed by atoms with van der Waals surface area (Å²) in [5, 5.41) is 0. The average Bonchev–Trinajstić information content (AvgIpc) is 1.97. The zero-order valence-corrected chi connectivity index (χ0v) is 6.37. The molecule has 12 heavy (non-hydrogen) atoms. The molecule has 0 aliphatic carbocycles. The molecule has 2 atom stereocenters. The van der Waals surface area contributed by atoms with Gasteiger partial charge in [0, 0.05) is 13.5 Å². The molecule has 0 saturated carbocycles. The van der Waals surface area contributed by atoms with E-state index in [0.29, 0.717) is 0 Å². The van der Waals surface area contributed by atoms with Crippen LogP contribution < -0.4 is 0 Å². The molecule has 0 aliphatic rings. The summed E-state index contributed by atoms with van der Waals surface area (Å²) >= 11 is 0. The van der Waals surface area contributed by atoms with Gasteiger partial charge in [0.2, 0.25) is 6.17 Å². The third-order valence-corrected chi connectivity index (χ3v) is 1.34. The Labute approximate surface area is 66.5 Å². The van der Waals surface area contributed by atoms with Gasteiger partial charge in [-0.15, -0.1) is 0 Å². The number of methoxy groups -OCH3 is 1. The lowest BCUT2D eigenvalue weighted by Gasteiger charge is -2.20. The highest BCUT2D eigenvalue weighted by Gasteiger charge is 2.45. The molecule has 0 aliphatic heterocycles. The molecule has 0 radical (unpaired) electrons. The second-order valence-electron chi connectivity index (χ2n) is 2.20. The molecular formula is C6H9F5O. The zero-order chi connectivity index (χ0) is 9.78. The second-order valence-corrected chi connectivity index (χ2v) is 2.20. The van der Waals surface area contributed by atoms with Crippen LogP contribution in [0, 0.1) is 0 Å². The van der Waals surface area contributed by atoms with Gasteiger partial charge in [0.15, 0.2) is 0 Å². The predicted molar refractivity (Wildman–Crippen MR) is 32.3 cm³/mol. The highest BCUT2D eigenvalue weighted by Crippen LogP contribution is 2.27. The fourth-order valence-corrected chi connectivity index (χ4v) is 0.702. The highest BCUT2D eigenvalue weighted by molar-refractivity contribution is 4.75. The molecule has 2 unspecified atom stereocenters. The minimum absolute atomic E-state index is 0.586. The maximum Gasteiger partial charge on any atom is 0.422 e. The lowest BCUT2D eigenvalue weighted by molar-refractivity contribution is -0.210. The molecule has 0 bridgehead atoms. The van der Waals surface area contributed by atoms with E-state index in [2.05, 4.69) is 4.74 Å². The van der Waals surface area contributed by atoms with Gasteiger partial charge in [-0.05, 0) is 0 Å². The van der Waals surface area contributed by atoms with Gasteiger partial charge in [-0.1, -0.05) is 0 Å². The molecule has 0 heterocycles. The van der Waals surface area contributed by atoms with E-state index >= 15 is 0 Å². The van der Waals surface area contributed by atoms with Crippen LogP contribution in [0.2, 0.25) is 0 Å². The summed E-state index contributed by atoms with van der Waals surface area (Å²) in [6, 6.07) is 0. The lowest BCUT2D eigenvalue weighted by Crippen LogP contribution is -2.37. The van der Waals surface area contributed by atoms with Crippen LogP contribution in [0.4, 0.5) is 22.0 Å². The highest BCUT2D eigenvalue weighted by atomic mass is 19.4. The monoisotopic (exact) mass is 192 g/mol. The maximum absolute atomic E-state index is 12.3. The number of hydrogen-bond donors (Lipinski definition) is 0. The Morgan fingerprint density at radius 2 is 1.83 bits per heavy atom. The summed E-state index contributed by atoms with van der Waals surface area (Å²) in [5.74, 6) is 0. The molecule has 0 aromatic carbocycles. The number of halogens is 5. The minimum Gasteiger partial charge on any atom is -0.378 e. The Balaban J connectivity index is 4.11. The normalized spacial score (nSPS) is 17.5. The molecule has 74 valence electrons. The fourth-order valence-electron chi connectivity index (χ4n) is 0.702. The Morgan fingerprint density at radius 3 is 2.08 bits per heavy atom. The van der Waals surface area contributed by atoms with Crippen LogP contribution in [0.25, 0.3) is 0 Å². The van der Waals surface area contributed by atoms with Gasteiger partial charge in [0.05, 0.1) is 12.8 Å². The van der Waals surface area contributed by atoms with Gasteiger partial charge in [-0.3, -0.25) is 4.39 Å². The predicted octanol–water partition coefficient (Wildman–Crippen LogP) is 2.26. The molecule has 0 fully saturated rings. The number of rotatable bonds is 4. The Morgan fingerprint density at radius 1 is 1.33 bits per heavy atom. The van der Waals surface area contributed by atoms with Crippen LogP contribution in [0.15, 0.2) is 0 Å². The first-order chi connectivity index (χ1) is 5.43. The molecule has 1 nitrogen and oxygen atoms in total. The van der Waals surface area contributed by atoms with E-state index in [4.69, 9.17) is 0 Å². The first-order valence-corrected chi connectivity index (χ1v) is 3.23. The van der Waals surface area contributed by atoms with Crippen molar-refractivity contribution < 1.29 is 26.7 Å². The van der Waals surface area contributed by atoms with Crippen molar-refractivity contribution in [1.29, 1.82) is 0 Å². The van der Waals surface area contributed by atoms with Crippen molar-refractivity contribution in [3.63, 3.8) is 0 Å². The molecule has 0 amide bonds. The van der Waals surface area contributed by atoms with Crippen LogP contribution in [0.3, 0.4) is 0 Å². The van der Waals surface area contributed by atoms with Crippen molar-refractivity contribution in [2.45, 2.75) is 24.9 Å². The van der Waals surface area contributed by atoms with E-state index in [1.54, 1.807) is 0 Å². The van der Waals surface area contributed by atoms with Crippen molar-refractivity contribution in [2.75, 3.05) is 13.8 Å². The number of hydrogen-bond acceptors (Lipinski definition) is 1. The van der Waals surface area contributed by atoms with Crippen LogP contribution >= 0.6 is 0 Å². The van der Waals surface area contributed by atoms with Gasteiger partial charge < -0.3 is 4.74 Å². The number of ether oxygens (including phenoxy) is 1. The molecule has 6 heteroatoms. The third kappa shape index (κ3) is 3.34. The molecule has 0 saturated heterocycles. The van der Waals surface area contributed by atoms with Crippen molar-refractivity contribution in [1.82, 2.24) is 0 Å². The quantitative estimate of drug-likeness (QED) is 0.621. The van der Waals surface area contributed by atoms with Crippen molar-refractivity contribution >= 4 is 0 Å². The van der Waals surface area contributed by atoms with Crippen LogP contribution in [-0.4, -0.2) is 32.2 Å². The van der Waals surface area contributed by atoms with Gasteiger partial charge in [0.25, 0.3) is 0 Å². The van der Waals surface area contributed by atoms with E-state index < -0.39 is 31.5 Å². The van der Waals surface area contributed by atoms with Crippen LogP contribution in [0.1, 0.15) is 6.42 Å². The van der Waals surface area contributed by atoms with Crippen molar-refractivity contribution in [3.8, 4) is 0 Å². The van der Waals surface area contributed by atoms with Gasteiger partial charge >= 0.3 is 6.18 Å². The van der Waals surface area contributed by atoms with Crippen LogP contribution in [-0.2, 0) is 4.74 Å². The minimum atomic E-state index is -4.98. The summed E-state index contributed by atoms with van der Waals surface area (Å²) < 4.78 is 63.0. The number of alkyl halides is 5. The summed E-state index contributed by atoms with van der Waals surface area (Å²) in [7, 11) is 0.915. The second kappa shape index (κ2) is 4.59. The Bertz CT molecular complexity index is 124. The van der Waals surface area contributed by atoms with Crippen molar-refractivity contribution in [2.24, 2.45) is 0 Å². The van der Waals surface area contributed by atoms with Gasteiger partial charge in [0.1, 0.15) is 0 Å². The first-order valence-electron chi connectivity index (χ1n) is 3.23. The van der Waals surface area contributed by atoms with Gasteiger partial charge in [-0.2, -0.15) is 13.2 Å².